The molecule has 0 fully saturated rings. The third-order valence-corrected chi connectivity index (χ3v) is 5.13. The smallest absolute Gasteiger partial charge is 0.331 e. The first-order chi connectivity index (χ1) is 12.5. The number of unbranched alkanes of at least 4 members (excludes halogenated alkanes) is 2. The monoisotopic (exact) mass is 384 g/mol. The lowest BCUT2D eigenvalue weighted by molar-refractivity contribution is -0.147. The summed E-state index contributed by atoms with van der Waals surface area (Å²) >= 11 is 0. The fourth-order valence-electron chi connectivity index (χ4n) is 3.13. The van der Waals surface area contributed by atoms with Crippen molar-refractivity contribution >= 4 is 5.97 Å². The molecule has 0 aliphatic heterocycles. The quantitative estimate of drug-likeness (QED) is 0.507. The number of hydrogen-bond donors (Lipinski definition) is 2. The van der Waals surface area contributed by atoms with Gasteiger partial charge < -0.3 is 14.9 Å². The van der Waals surface area contributed by atoms with Gasteiger partial charge in [-0.15, -0.1) is 0 Å². The standard InChI is InChI=1S/C20H36N2O5/c1-6-21-15-16(23)22(18(21)26)20(4,5)12-8-10-14-27-13-9-7-11-19(2,3)17(24)25/h15,23H,6-14H2,1-5H3,(H,24,25). The molecular formula is C20H36N2O5. The summed E-state index contributed by atoms with van der Waals surface area (Å²) in [6.45, 7) is 11.1. The topological polar surface area (TPSA) is 93.7 Å². The number of aromatic nitrogens is 2. The molecule has 0 aliphatic carbocycles. The highest BCUT2D eigenvalue weighted by Crippen LogP contribution is 2.26. The van der Waals surface area contributed by atoms with E-state index in [1.165, 1.54) is 15.3 Å². The van der Waals surface area contributed by atoms with E-state index in [9.17, 15) is 14.7 Å². The van der Waals surface area contributed by atoms with E-state index in [0.717, 1.165) is 32.1 Å². The number of ether oxygens (including phenoxy) is 1. The van der Waals surface area contributed by atoms with Gasteiger partial charge in [0.05, 0.1) is 11.6 Å². The van der Waals surface area contributed by atoms with Crippen molar-refractivity contribution in [2.75, 3.05) is 13.2 Å². The Balaban J connectivity index is 2.26. The average molecular weight is 385 g/mol. The first-order valence-corrected chi connectivity index (χ1v) is 9.85. The van der Waals surface area contributed by atoms with E-state index < -0.39 is 16.9 Å². The zero-order valence-corrected chi connectivity index (χ0v) is 17.5. The summed E-state index contributed by atoms with van der Waals surface area (Å²) in [7, 11) is 0. The summed E-state index contributed by atoms with van der Waals surface area (Å²) < 4.78 is 8.59. The molecule has 0 aliphatic rings. The van der Waals surface area contributed by atoms with Gasteiger partial charge in [-0.3, -0.25) is 13.9 Å². The molecule has 0 spiro atoms. The molecule has 0 atom stereocenters. The highest BCUT2D eigenvalue weighted by molar-refractivity contribution is 5.73. The van der Waals surface area contributed by atoms with Gasteiger partial charge >= 0.3 is 11.7 Å². The van der Waals surface area contributed by atoms with Crippen molar-refractivity contribution < 1.29 is 19.7 Å². The number of aryl methyl sites for hydroxylation is 1. The van der Waals surface area contributed by atoms with Gasteiger partial charge in [-0.1, -0.05) is 6.42 Å². The average Bonchev–Trinajstić information content (AvgIpc) is 2.87. The van der Waals surface area contributed by atoms with Gasteiger partial charge in [-0.25, -0.2) is 4.79 Å². The van der Waals surface area contributed by atoms with Gasteiger partial charge in [0, 0.05) is 25.3 Å². The van der Waals surface area contributed by atoms with Crippen molar-refractivity contribution in [2.24, 2.45) is 5.41 Å². The lowest BCUT2D eigenvalue weighted by atomic mass is 9.87. The highest BCUT2D eigenvalue weighted by Gasteiger charge is 2.27. The second-order valence-corrected chi connectivity index (χ2v) is 8.42. The number of hydrogen-bond acceptors (Lipinski definition) is 4. The lowest BCUT2D eigenvalue weighted by Gasteiger charge is -2.26. The third kappa shape index (κ3) is 6.72. The Kier molecular flexibility index (Phi) is 8.59. The molecule has 0 aromatic carbocycles. The summed E-state index contributed by atoms with van der Waals surface area (Å²) in [5.41, 5.74) is -1.31. The molecule has 0 bridgehead atoms. The second-order valence-electron chi connectivity index (χ2n) is 8.42. The van der Waals surface area contributed by atoms with E-state index in [-0.39, 0.29) is 11.6 Å². The fourth-order valence-corrected chi connectivity index (χ4v) is 3.13. The maximum atomic E-state index is 12.3. The molecule has 27 heavy (non-hydrogen) atoms. The van der Waals surface area contributed by atoms with Gasteiger partial charge in [0.1, 0.15) is 0 Å². The normalized spacial score (nSPS) is 12.5. The molecule has 1 aromatic heterocycles. The van der Waals surface area contributed by atoms with Gasteiger partial charge in [0.15, 0.2) is 0 Å². The molecule has 1 rings (SSSR count). The maximum Gasteiger partial charge on any atom is 0.331 e. The Hall–Kier alpha value is -1.76. The minimum atomic E-state index is -0.759. The number of aromatic hydroxyl groups is 1. The number of nitrogens with zero attached hydrogens (tertiary/aromatic N) is 2. The Morgan fingerprint density at radius 3 is 2.11 bits per heavy atom. The van der Waals surface area contributed by atoms with Gasteiger partial charge in [0.2, 0.25) is 5.88 Å². The molecule has 0 saturated carbocycles. The number of carboxylic acid groups (broad SMARTS) is 1. The van der Waals surface area contributed by atoms with E-state index in [2.05, 4.69) is 0 Å². The number of imidazole rings is 1. The molecule has 1 aromatic rings. The number of rotatable bonds is 13. The Bertz CT molecular complexity index is 658. The summed E-state index contributed by atoms with van der Waals surface area (Å²) in [5.74, 6) is -0.752. The van der Waals surface area contributed by atoms with Crippen LogP contribution in [0.1, 0.15) is 73.1 Å². The van der Waals surface area contributed by atoms with Crippen LogP contribution in [-0.2, 0) is 21.6 Å². The van der Waals surface area contributed by atoms with E-state index in [1.54, 1.807) is 13.8 Å². The fraction of sp³-hybridized carbons (Fsp3) is 0.800. The maximum absolute atomic E-state index is 12.3. The van der Waals surface area contributed by atoms with Gasteiger partial charge in [-0.2, -0.15) is 0 Å². The van der Waals surface area contributed by atoms with Crippen LogP contribution >= 0.6 is 0 Å². The van der Waals surface area contributed by atoms with Crippen LogP contribution in [0.2, 0.25) is 0 Å². The van der Waals surface area contributed by atoms with Gasteiger partial charge in [-0.05, 0) is 66.7 Å². The third-order valence-electron chi connectivity index (χ3n) is 5.13. The second kappa shape index (κ2) is 9.97. The molecule has 2 N–H and O–H groups in total. The molecule has 0 unspecified atom stereocenters. The van der Waals surface area contributed by atoms with Crippen molar-refractivity contribution in [1.29, 1.82) is 0 Å². The zero-order chi connectivity index (χ0) is 20.7. The summed E-state index contributed by atoms with van der Waals surface area (Å²) in [6, 6.07) is 0. The molecule has 0 saturated heterocycles. The number of carbonyl (C=O) groups is 1. The van der Waals surface area contributed by atoms with Crippen molar-refractivity contribution in [1.82, 2.24) is 9.13 Å². The summed E-state index contributed by atoms with van der Waals surface area (Å²) in [5, 5.41) is 19.1. The van der Waals surface area contributed by atoms with Gasteiger partial charge in [0.25, 0.3) is 0 Å². The Labute approximate surface area is 162 Å². The SMILES string of the molecule is CCn1cc(O)n(C(C)(C)CCCCOCCCCC(C)(C)C(=O)O)c1=O. The first kappa shape index (κ1) is 23.3. The van der Waals surface area contributed by atoms with Crippen LogP contribution in [-0.4, -0.2) is 38.5 Å². The molecule has 156 valence electrons. The summed E-state index contributed by atoms with van der Waals surface area (Å²) in [4.78, 5) is 23.4. The van der Waals surface area contributed by atoms with Crippen LogP contribution in [0.25, 0.3) is 0 Å². The van der Waals surface area contributed by atoms with Crippen molar-refractivity contribution in [3.63, 3.8) is 0 Å². The first-order valence-electron chi connectivity index (χ1n) is 9.85. The Morgan fingerprint density at radius 2 is 1.63 bits per heavy atom. The van der Waals surface area contributed by atoms with Crippen LogP contribution in [0.5, 0.6) is 5.88 Å². The number of aliphatic carboxylic acids is 1. The van der Waals surface area contributed by atoms with Crippen LogP contribution in [0, 0.1) is 5.41 Å². The molecule has 7 nitrogen and oxygen atoms in total. The lowest BCUT2D eigenvalue weighted by Crippen LogP contribution is -2.36. The highest BCUT2D eigenvalue weighted by atomic mass is 16.5. The zero-order valence-electron chi connectivity index (χ0n) is 17.5. The van der Waals surface area contributed by atoms with Crippen LogP contribution < -0.4 is 5.69 Å². The van der Waals surface area contributed by atoms with Crippen molar-refractivity contribution in [3.8, 4) is 5.88 Å². The van der Waals surface area contributed by atoms with E-state index in [4.69, 9.17) is 9.84 Å². The molecular weight excluding hydrogens is 348 g/mol. The van der Waals surface area contributed by atoms with E-state index in [1.807, 2.05) is 20.8 Å². The number of carboxylic acids is 1. The van der Waals surface area contributed by atoms with Crippen LogP contribution in [0.15, 0.2) is 11.0 Å². The van der Waals surface area contributed by atoms with Crippen LogP contribution in [0.4, 0.5) is 0 Å². The molecule has 7 heteroatoms. The summed E-state index contributed by atoms with van der Waals surface area (Å²) in [6.07, 6.45) is 6.37. The van der Waals surface area contributed by atoms with Crippen LogP contribution in [0.3, 0.4) is 0 Å². The molecule has 1 heterocycles. The predicted molar refractivity (Wildman–Crippen MR) is 105 cm³/mol. The molecule has 0 amide bonds. The largest absolute Gasteiger partial charge is 0.493 e. The van der Waals surface area contributed by atoms with E-state index in [0.29, 0.717) is 26.2 Å². The van der Waals surface area contributed by atoms with E-state index >= 15 is 0 Å². The van der Waals surface area contributed by atoms with Crippen molar-refractivity contribution in [3.05, 3.63) is 16.7 Å². The minimum Gasteiger partial charge on any atom is -0.493 e. The minimum absolute atomic E-state index is 0.00684. The molecule has 0 radical (unpaired) electrons. The Morgan fingerprint density at radius 1 is 1.07 bits per heavy atom. The predicted octanol–water partition coefficient (Wildman–Crippen LogP) is 3.58. The van der Waals surface area contributed by atoms with Crippen molar-refractivity contribution in [2.45, 2.75) is 85.2 Å².